The molecule has 0 saturated carbocycles. The zero-order chi connectivity index (χ0) is 18.0. The van der Waals surface area contributed by atoms with Crippen LogP contribution in [0.4, 0.5) is 5.69 Å². The van der Waals surface area contributed by atoms with Gasteiger partial charge in [-0.15, -0.1) is 0 Å². The van der Waals surface area contributed by atoms with Crippen LogP contribution in [0.25, 0.3) is 0 Å². The van der Waals surface area contributed by atoms with Gasteiger partial charge in [0.2, 0.25) is 10.0 Å². The van der Waals surface area contributed by atoms with E-state index in [-0.39, 0.29) is 0 Å². The van der Waals surface area contributed by atoms with Crippen molar-refractivity contribution in [2.75, 3.05) is 57.0 Å². The van der Waals surface area contributed by atoms with Gasteiger partial charge in [0.05, 0.1) is 6.26 Å². The van der Waals surface area contributed by atoms with Crippen LogP contribution >= 0.6 is 0 Å². The van der Waals surface area contributed by atoms with Crippen LogP contribution in [0.5, 0.6) is 0 Å². The number of rotatable bonds is 4. The maximum atomic E-state index is 11.8. The number of piperazine rings is 1. The first kappa shape index (κ1) is 18.7. The van der Waals surface area contributed by atoms with E-state index in [0.29, 0.717) is 19.0 Å². The Balaban J connectivity index is 1.53. The largest absolute Gasteiger partial charge is 0.369 e. The number of hydrogen-bond acceptors (Lipinski definition) is 4. The van der Waals surface area contributed by atoms with Gasteiger partial charge in [0.15, 0.2) is 0 Å². The van der Waals surface area contributed by atoms with Crippen LogP contribution in [-0.4, -0.2) is 69.7 Å². The maximum Gasteiger partial charge on any atom is 0.211 e. The number of anilines is 1. The van der Waals surface area contributed by atoms with Gasteiger partial charge >= 0.3 is 0 Å². The Labute approximate surface area is 152 Å². The first-order valence-electron chi connectivity index (χ1n) is 9.33. The van der Waals surface area contributed by atoms with Crippen molar-refractivity contribution in [1.82, 2.24) is 9.21 Å². The van der Waals surface area contributed by atoms with Crippen LogP contribution in [0.15, 0.2) is 18.2 Å². The van der Waals surface area contributed by atoms with Gasteiger partial charge in [0.1, 0.15) is 0 Å². The van der Waals surface area contributed by atoms with Crippen molar-refractivity contribution in [2.45, 2.75) is 26.7 Å². The minimum absolute atomic E-state index is 0.468. The summed E-state index contributed by atoms with van der Waals surface area (Å²) in [4.78, 5) is 5.00. The smallest absolute Gasteiger partial charge is 0.211 e. The molecule has 2 heterocycles. The van der Waals surface area contributed by atoms with Gasteiger partial charge < -0.3 is 4.90 Å². The highest BCUT2D eigenvalue weighted by Gasteiger charge is 2.28. The summed E-state index contributed by atoms with van der Waals surface area (Å²) in [5.74, 6) is 0.468. The molecule has 2 aliphatic heterocycles. The second-order valence-electron chi connectivity index (χ2n) is 7.64. The Morgan fingerprint density at radius 2 is 1.80 bits per heavy atom. The highest BCUT2D eigenvalue weighted by Crippen LogP contribution is 2.25. The Kier molecular flexibility index (Phi) is 5.71. The molecule has 0 amide bonds. The lowest BCUT2D eigenvalue weighted by Gasteiger charge is -2.40. The molecule has 25 heavy (non-hydrogen) atoms. The van der Waals surface area contributed by atoms with Gasteiger partial charge in [0.25, 0.3) is 0 Å². The molecule has 3 rings (SSSR count). The van der Waals surface area contributed by atoms with E-state index in [0.717, 1.165) is 45.6 Å². The number of benzene rings is 1. The van der Waals surface area contributed by atoms with Crippen LogP contribution in [0.1, 0.15) is 24.0 Å². The Hall–Kier alpha value is -1.11. The molecule has 0 aliphatic carbocycles. The lowest BCUT2D eigenvalue weighted by atomic mass is 9.98. The minimum Gasteiger partial charge on any atom is -0.369 e. The van der Waals surface area contributed by atoms with E-state index in [1.807, 2.05) is 0 Å². The third-order valence-electron chi connectivity index (χ3n) is 5.76. The van der Waals surface area contributed by atoms with E-state index in [2.05, 4.69) is 41.8 Å². The van der Waals surface area contributed by atoms with Gasteiger partial charge in [-0.2, -0.15) is 0 Å². The van der Waals surface area contributed by atoms with E-state index in [4.69, 9.17) is 0 Å². The van der Waals surface area contributed by atoms with Crippen molar-refractivity contribution < 1.29 is 8.42 Å². The summed E-state index contributed by atoms with van der Waals surface area (Å²) in [6.45, 7) is 11.0. The fraction of sp³-hybridized carbons (Fsp3) is 0.684. The van der Waals surface area contributed by atoms with Crippen molar-refractivity contribution in [3.05, 3.63) is 29.3 Å². The van der Waals surface area contributed by atoms with Gasteiger partial charge in [-0.25, -0.2) is 12.7 Å². The molecule has 5 nitrogen and oxygen atoms in total. The number of aryl methyl sites for hydroxylation is 1. The molecule has 1 aromatic rings. The predicted molar refractivity (Wildman–Crippen MR) is 104 cm³/mol. The van der Waals surface area contributed by atoms with Crippen LogP contribution in [0.3, 0.4) is 0 Å². The Morgan fingerprint density at radius 1 is 1.08 bits per heavy atom. The normalized spacial score (nSPS) is 23.8. The van der Waals surface area contributed by atoms with Crippen molar-refractivity contribution in [3.8, 4) is 0 Å². The number of nitrogens with zero attached hydrogens (tertiary/aromatic N) is 3. The van der Waals surface area contributed by atoms with Crippen LogP contribution in [0, 0.1) is 19.8 Å². The summed E-state index contributed by atoms with van der Waals surface area (Å²) in [7, 11) is -3.05. The molecule has 0 bridgehead atoms. The molecule has 2 fully saturated rings. The lowest BCUT2D eigenvalue weighted by Crippen LogP contribution is -2.50. The number of hydrogen-bond donors (Lipinski definition) is 0. The van der Waals surface area contributed by atoms with Crippen LogP contribution < -0.4 is 4.90 Å². The highest BCUT2D eigenvalue weighted by molar-refractivity contribution is 7.88. The third kappa shape index (κ3) is 4.54. The zero-order valence-electron chi connectivity index (χ0n) is 15.7. The van der Waals surface area contributed by atoms with Gasteiger partial charge in [0, 0.05) is 51.5 Å². The van der Waals surface area contributed by atoms with Crippen molar-refractivity contribution in [1.29, 1.82) is 0 Å². The molecular formula is C19H31N3O2S. The van der Waals surface area contributed by atoms with Gasteiger partial charge in [-0.3, -0.25) is 4.90 Å². The molecule has 2 saturated heterocycles. The summed E-state index contributed by atoms with van der Waals surface area (Å²) in [6, 6.07) is 6.54. The topological polar surface area (TPSA) is 43.9 Å². The minimum atomic E-state index is -3.05. The highest BCUT2D eigenvalue weighted by atomic mass is 32.2. The monoisotopic (exact) mass is 365 g/mol. The fourth-order valence-corrected chi connectivity index (χ4v) is 5.03. The maximum absolute atomic E-state index is 11.8. The number of piperidine rings is 1. The van der Waals surface area contributed by atoms with E-state index in [1.165, 1.54) is 23.1 Å². The lowest BCUT2D eigenvalue weighted by molar-refractivity contribution is 0.172. The van der Waals surface area contributed by atoms with Crippen molar-refractivity contribution in [3.63, 3.8) is 0 Å². The number of sulfonamides is 1. The molecule has 0 unspecified atom stereocenters. The molecule has 0 spiro atoms. The van der Waals surface area contributed by atoms with E-state index in [9.17, 15) is 8.42 Å². The SMILES string of the molecule is Cc1cccc(N2CCN(C[C@@H]3CCCN(S(C)(=O)=O)C3)CC2)c1C. The van der Waals surface area contributed by atoms with Gasteiger partial charge in [-0.1, -0.05) is 12.1 Å². The first-order valence-corrected chi connectivity index (χ1v) is 11.2. The van der Waals surface area contributed by atoms with E-state index < -0.39 is 10.0 Å². The molecule has 0 radical (unpaired) electrons. The van der Waals surface area contributed by atoms with E-state index in [1.54, 1.807) is 4.31 Å². The molecule has 1 aromatic carbocycles. The standard InChI is InChI=1S/C19H31N3O2S/c1-16-6-4-8-19(17(16)2)21-12-10-20(11-13-21)14-18-7-5-9-22(15-18)25(3,23)24/h4,6,8,18H,5,7,9-15H2,1-3H3/t18-/m0/s1. The second-order valence-corrected chi connectivity index (χ2v) is 9.62. The zero-order valence-corrected chi connectivity index (χ0v) is 16.6. The predicted octanol–water partition coefficient (Wildman–Crippen LogP) is 2.10. The molecule has 6 heteroatoms. The van der Waals surface area contributed by atoms with Gasteiger partial charge in [-0.05, 0) is 49.8 Å². The summed E-state index contributed by atoms with van der Waals surface area (Å²) in [6.07, 6.45) is 3.46. The van der Waals surface area contributed by atoms with Crippen molar-refractivity contribution in [2.24, 2.45) is 5.92 Å². The molecule has 140 valence electrons. The average molecular weight is 366 g/mol. The van der Waals surface area contributed by atoms with Crippen LogP contribution in [0.2, 0.25) is 0 Å². The average Bonchev–Trinajstić information content (AvgIpc) is 2.58. The van der Waals surface area contributed by atoms with Crippen LogP contribution in [-0.2, 0) is 10.0 Å². The van der Waals surface area contributed by atoms with E-state index >= 15 is 0 Å². The Morgan fingerprint density at radius 3 is 2.48 bits per heavy atom. The summed E-state index contributed by atoms with van der Waals surface area (Å²) >= 11 is 0. The molecule has 0 aromatic heterocycles. The molecule has 2 aliphatic rings. The quantitative estimate of drug-likeness (QED) is 0.820. The molecular weight excluding hydrogens is 334 g/mol. The third-order valence-corrected chi connectivity index (χ3v) is 7.03. The van der Waals surface area contributed by atoms with Crippen molar-refractivity contribution >= 4 is 15.7 Å². The summed E-state index contributed by atoms with van der Waals surface area (Å²) < 4.78 is 25.2. The second kappa shape index (κ2) is 7.64. The molecule has 0 N–H and O–H groups in total. The Bertz CT molecular complexity index is 697. The molecule has 1 atom stereocenters. The summed E-state index contributed by atoms with van der Waals surface area (Å²) in [5, 5.41) is 0. The fourth-order valence-electron chi connectivity index (χ4n) is 4.09. The first-order chi connectivity index (χ1) is 11.8. The summed E-state index contributed by atoms with van der Waals surface area (Å²) in [5.41, 5.74) is 4.09.